The molecule has 0 atom stereocenters. The van der Waals surface area contributed by atoms with E-state index < -0.39 is 18.8 Å². The average molecular weight is 393 g/mol. The molecule has 0 amide bonds. The van der Waals surface area contributed by atoms with Crippen LogP contribution in [0.4, 0.5) is 13.2 Å². The van der Waals surface area contributed by atoms with Gasteiger partial charge in [0.05, 0.1) is 11.3 Å². The number of nitrogens with zero attached hydrogens (tertiary/aromatic N) is 3. The quantitative estimate of drug-likeness (QED) is 0.463. The summed E-state index contributed by atoms with van der Waals surface area (Å²) in [7, 11) is 0. The Morgan fingerprint density at radius 1 is 1.29 bits per heavy atom. The molecule has 0 N–H and O–H groups in total. The van der Waals surface area contributed by atoms with Crippen molar-refractivity contribution in [2.45, 2.75) is 13.1 Å². The molecule has 0 unspecified atom stereocenters. The predicted molar refractivity (Wildman–Crippen MR) is 91.3 cm³/mol. The maximum atomic E-state index is 12.4. The number of rotatable bonds is 6. The maximum Gasteiger partial charge on any atom is 0.422 e. The largest absolute Gasteiger partial charge is 0.478 e. The van der Waals surface area contributed by atoms with Crippen molar-refractivity contribution < 1.29 is 32.2 Å². The first-order valence-electron chi connectivity index (χ1n) is 7.91. The fraction of sp³-hybridized carbons (Fsp3) is 0.167. The molecule has 10 heteroatoms. The third-order valence-electron chi connectivity index (χ3n) is 3.25. The van der Waals surface area contributed by atoms with Crippen molar-refractivity contribution in [3.8, 4) is 17.4 Å². The monoisotopic (exact) mass is 393 g/mol. The number of carbonyl (C=O) groups is 1. The second kappa shape index (κ2) is 7.59. The topological polar surface area (TPSA) is 75.0 Å². The summed E-state index contributed by atoms with van der Waals surface area (Å²) in [5.41, 5.74) is 0.562. The van der Waals surface area contributed by atoms with Crippen molar-refractivity contribution in [3.63, 3.8) is 0 Å². The second-order valence-corrected chi connectivity index (χ2v) is 5.67. The number of esters is 1. The lowest BCUT2D eigenvalue weighted by atomic mass is 10.3. The number of ether oxygens (including phenoxy) is 3. The number of allylic oxidation sites excluding steroid dienone is 1. The summed E-state index contributed by atoms with van der Waals surface area (Å²) in [6, 6.07) is 7.26. The van der Waals surface area contributed by atoms with E-state index in [4.69, 9.17) is 14.2 Å². The highest BCUT2D eigenvalue weighted by Gasteiger charge is 2.29. The molecule has 0 bridgehead atoms. The van der Waals surface area contributed by atoms with Gasteiger partial charge in [0, 0.05) is 18.5 Å². The molecule has 0 radical (unpaired) electrons. The zero-order chi connectivity index (χ0) is 20.3. The molecule has 7 nitrogen and oxygen atoms in total. The van der Waals surface area contributed by atoms with Crippen molar-refractivity contribution in [2.24, 2.45) is 0 Å². The van der Waals surface area contributed by atoms with Crippen molar-refractivity contribution >= 4 is 11.5 Å². The van der Waals surface area contributed by atoms with Crippen LogP contribution in [-0.4, -0.2) is 33.4 Å². The van der Waals surface area contributed by atoms with Crippen LogP contribution in [0.3, 0.4) is 0 Å². The first-order valence-corrected chi connectivity index (χ1v) is 7.91. The van der Waals surface area contributed by atoms with Crippen molar-refractivity contribution in [2.75, 3.05) is 6.61 Å². The Morgan fingerprint density at radius 3 is 2.79 bits per heavy atom. The summed E-state index contributed by atoms with van der Waals surface area (Å²) in [6.07, 6.45) is -1.61. The van der Waals surface area contributed by atoms with E-state index in [9.17, 15) is 18.0 Å². The minimum Gasteiger partial charge on any atom is -0.478 e. The molecule has 0 saturated heterocycles. The van der Waals surface area contributed by atoms with Crippen LogP contribution in [0.15, 0.2) is 55.1 Å². The molecule has 0 aliphatic heterocycles. The van der Waals surface area contributed by atoms with Crippen LogP contribution in [0.25, 0.3) is 5.52 Å². The molecule has 0 fully saturated rings. The Kier molecular flexibility index (Phi) is 5.21. The number of pyridine rings is 2. The van der Waals surface area contributed by atoms with E-state index in [2.05, 4.69) is 16.7 Å². The lowest BCUT2D eigenvalue weighted by Gasteiger charge is -2.12. The average Bonchev–Trinajstić information content (AvgIpc) is 3.03. The number of fused-ring (bicyclic) bond motifs is 1. The van der Waals surface area contributed by atoms with E-state index in [0.717, 1.165) is 0 Å². The van der Waals surface area contributed by atoms with Gasteiger partial charge < -0.3 is 14.2 Å². The van der Waals surface area contributed by atoms with Crippen molar-refractivity contribution in [1.82, 2.24) is 14.6 Å². The zero-order valence-electron chi connectivity index (χ0n) is 14.6. The number of hydrogen-bond acceptors (Lipinski definition) is 6. The normalized spacial score (nSPS) is 11.3. The first kappa shape index (κ1) is 19.2. The molecule has 0 aliphatic rings. The van der Waals surface area contributed by atoms with Crippen LogP contribution in [0, 0.1) is 0 Å². The number of alkyl halides is 3. The van der Waals surface area contributed by atoms with Gasteiger partial charge in [-0.05, 0) is 31.2 Å². The Bertz CT molecular complexity index is 1030. The zero-order valence-corrected chi connectivity index (χ0v) is 14.6. The van der Waals surface area contributed by atoms with Crippen LogP contribution in [-0.2, 0) is 4.74 Å². The number of hydrogen-bond donors (Lipinski definition) is 0. The summed E-state index contributed by atoms with van der Waals surface area (Å²) in [5.74, 6) is -0.446. The van der Waals surface area contributed by atoms with E-state index >= 15 is 0 Å². The van der Waals surface area contributed by atoms with Crippen LogP contribution in [0.2, 0.25) is 0 Å². The molecule has 3 aromatic rings. The molecule has 146 valence electrons. The summed E-state index contributed by atoms with van der Waals surface area (Å²) < 4.78 is 53.7. The van der Waals surface area contributed by atoms with Gasteiger partial charge in [-0.25, -0.2) is 14.3 Å². The van der Waals surface area contributed by atoms with Crippen molar-refractivity contribution in [3.05, 3.63) is 60.8 Å². The Morgan fingerprint density at radius 2 is 2.07 bits per heavy atom. The molecule has 0 aromatic carbocycles. The molecule has 3 rings (SSSR count). The van der Waals surface area contributed by atoms with Gasteiger partial charge in [0.15, 0.2) is 18.1 Å². The van der Waals surface area contributed by atoms with Gasteiger partial charge in [-0.3, -0.25) is 0 Å². The van der Waals surface area contributed by atoms with Gasteiger partial charge in [0.25, 0.3) is 5.88 Å². The molecular weight excluding hydrogens is 379 g/mol. The third kappa shape index (κ3) is 4.78. The highest BCUT2D eigenvalue weighted by molar-refractivity contribution is 5.89. The van der Waals surface area contributed by atoms with Gasteiger partial charge in [-0.2, -0.15) is 18.3 Å². The molecule has 0 aliphatic carbocycles. The minimum absolute atomic E-state index is 0.0622. The van der Waals surface area contributed by atoms with E-state index in [1.54, 1.807) is 0 Å². The fourth-order valence-electron chi connectivity index (χ4n) is 2.18. The van der Waals surface area contributed by atoms with Gasteiger partial charge >= 0.3 is 12.1 Å². The van der Waals surface area contributed by atoms with Gasteiger partial charge in [0.2, 0.25) is 0 Å². The van der Waals surface area contributed by atoms with E-state index in [-0.39, 0.29) is 28.8 Å². The first-order chi connectivity index (χ1) is 13.2. The lowest BCUT2D eigenvalue weighted by molar-refractivity contribution is -0.153. The van der Waals surface area contributed by atoms with Crippen LogP contribution in [0.1, 0.15) is 17.4 Å². The van der Waals surface area contributed by atoms with Crippen LogP contribution < -0.4 is 9.47 Å². The summed E-state index contributed by atoms with van der Waals surface area (Å²) in [5, 5.41) is 4.07. The SMILES string of the molecule is C=C(C)OC(=O)c1cc2cc(Oc3ncccc3OCC(F)(F)F)ccn2n1. The highest BCUT2D eigenvalue weighted by atomic mass is 19.4. The third-order valence-corrected chi connectivity index (χ3v) is 3.25. The maximum absolute atomic E-state index is 12.4. The Balaban J connectivity index is 1.81. The summed E-state index contributed by atoms with van der Waals surface area (Å²) in [4.78, 5) is 15.8. The Labute approximate surface area is 157 Å². The molecule has 0 saturated carbocycles. The molecule has 0 spiro atoms. The molecule has 28 heavy (non-hydrogen) atoms. The second-order valence-electron chi connectivity index (χ2n) is 5.67. The number of aromatic nitrogens is 3. The lowest BCUT2D eigenvalue weighted by Crippen LogP contribution is -2.19. The minimum atomic E-state index is -4.49. The summed E-state index contributed by atoms with van der Waals surface area (Å²) in [6.45, 7) is 3.55. The number of halogens is 3. The van der Waals surface area contributed by atoms with Gasteiger partial charge in [-0.15, -0.1) is 0 Å². The molecule has 3 aromatic heterocycles. The van der Waals surface area contributed by atoms with E-state index in [1.807, 2.05) is 0 Å². The summed E-state index contributed by atoms with van der Waals surface area (Å²) >= 11 is 0. The van der Waals surface area contributed by atoms with E-state index in [1.165, 1.54) is 54.2 Å². The van der Waals surface area contributed by atoms with Crippen molar-refractivity contribution in [1.29, 1.82) is 0 Å². The van der Waals surface area contributed by atoms with Gasteiger partial charge in [-0.1, -0.05) is 6.58 Å². The predicted octanol–water partition coefficient (Wildman–Crippen LogP) is 4.15. The van der Waals surface area contributed by atoms with Crippen LogP contribution >= 0.6 is 0 Å². The fourth-order valence-corrected chi connectivity index (χ4v) is 2.18. The number of carbonyl (C=O) groups excluding carboxylic acids is 1. The van der Waals surface area contributed by atoms with Crippen LogP contribution in [0.5, 0.6) is 17.4 Å². The molecular formula is C18H14F3N3O4. The molecule has 3 heterocycles. The Hall–Kier alpha value is -3.56. The standard InChI is InChI=1S/C18H14F3N3O4/c1-11(2)27-17(25)14-9-12-8-13(5-7-24(12)23-14)28-16-15(4-3-6-22-16)26-10-18(19,20)21/h3-9H,1,10H2,2H3. The smallest absolute Gasteiger partial charge is 0.422 e. The van der Waals surface area contributed by atoms with E-state index in [0.29, 0.717) is 5.52 Å². The highest BCUT2D eigenvalue weighted by Crippen LogP contribution is 2.30. The van der Waals surface area contributed by atoms with Gasteiger partial charge in [0.1, 0.15) is 5.75 Å².